The molecule has 0 saturated heterocycles. The van der Waals surface area contributed by atoms with Gasteiger partial charge in [0.05, 0.1) is 26.7 Å². The monoisotopic (exact) mass is 258 g/mol. The number of rotatable bonds is 1. The summed E-state index contributed by atoms with van der Waals surface area (Å²) in [5, 5.41) is 10.7. The number of benzene rings is 2. The summed E-state index contributed by atoms with van der Waals surface area (Å²) >= 11 is 0. The highest BCUT2D eigenvalue weighted by molar-refractivity contribution is 5.93. The van der Waals surface area contributed by atoms with Crippen molar-refractivity contribution in [2.75, 3.05) is 0 Å². The normalized spacial score (nSPS) is 11.0. The Balaban J connectivity index is 2.52. The van der Waals surface area contributed by atoms with E-state index in [1.54, 1.807) is 6.07 Å². The van der Waals surface area contributed by atoms with Gasteiger partial charge in [-0.05, 0) is 18.2 Å². The number of pyridine rings is 1. The molecule has 1 aromatic heterocycles. The Morgan fingerprint density at radius 2 is 1.95 bits per heavy atom. The molecule has 5 nitrogen and oxygen atoms in total. The second-order valence-electron chi connectivity index (χ2n) is 4.10. The molecular formula is C13H7FN2O3. The van der Waals surface area contributed by atoms with Gasteiger partial charge in [-0.3, -0.25) is 14.9 Å². The van der Waals surface area contributed by atoms with Gasteiger partial charge < -0.3 is 4.98 Å². The molecule has 3 aromatic rings. The maximum Gasteiger partial charge on any atom is 0.270 e. The number of fused-ring (bicyclic) bond motifs is 2. The van der Waals surface area contributed by atoms with Crippen LogP contribution in [0, 0.1) is 15.9 Å². The van der Waals surface area contributed by atoms with Gasteiger partial charge in [-0.25, -0.2) is 4.39 Å². The van der Waals surface area contributed by atoms with E-state index in [1.807, 2.05) is 0 Å². The van der Waals surface area contributed by atoms with Gasteiger partial charge in [0.15, 0.2) is 5.43 Å². The van der Waals surface area contributed by atoms with Crippen LogP contribution < -0.4 is 5.43 Å². The SMILES string of the molecule is O=c1c2cc([N+](=O)[O-])ccc2[nH]c2cccc(F)c12. The zero-order chi connectivity index (χ0) is 13.6. The minimum Gasteiger partial charge on any atom is -0.354 e. The topological polar surface area (TPSA) is 76.0 Å². The number of aromatic nitrogens is 1. The molecule has 0 bridgehead atoms. The molecule has 0 saturated carbocycles. The quantitative estimate of drug-likeness (QED) is 0.414. The Hall–Kier alpha value is -2.76. The molecule has 0 unspecified atom stereocenters. The number of nitrogens with one attached hydrogen (secondary N) is 1. The van der Waals surface area contributed by atoms with E-state index in [0.717, 1.165) is 6.07 Å². The van der Waals surface area contributed by atoms with Crippen molar-refractivity contribution >= 4 is 27.5 Å². The van der Waals surface area contributed by atoms with Crippen molar-refractivity contribution in [1.29, 1.82) is 0 Å². The van der Waals surface area contributed by atoms with E-state index in [-0.39, 0.29) is 16.5 Å². The maximum atomic E-state index is 13.7. The highest BCUT2D eigenvalue weighted by atomic mass is 19.1. The standard InChI is InChI=1S/C13H7FN2O3/c14-9-2-1-3-11-12(9)13(17)8-6-7(16(18)19)4-5-10(8)15-11/h1-6H,(H,15,17). The summed E-state index contributed by atoms with van der Waals surface area (Å²) in [6.45, 7) is 0. The van der Waals surface area contributed by atoms with Gasteiger partial charge in [0.1, 0.15) is 5.82 Å². The van der Waals surface area contributed by atoms with Gasteiger partial charge in [0, 0.05) is 12.1 Å². The van der Waals surface area contributed by atoms with Crippen LogP contribution in [0.25, 0.3) is 21.8 Å². The third-order valence-electron chi connectivity index (χ3n) is 2.97. The second kappa shape index (κ2) is 3.88. The lowest BCUT2D eigenvalue weighted by atomic mass is 10.1. The lowest BCUT2D eigenvalue weighted by molar-refractivity contribution is -0.384. The number of aromatic amines is 1. The van der Waals surface area contributed by atoms with E-state index < -0.39 is 16.2 Å². The second-order valence-corrected chi connectivity index (χ2v) is 4.10. The summed E-state index contributed by atoms with van der Waals surface area (Å²) in [5.41, 5.74) is 0.0549. The van der Waals surface area contributed by atoms with E-state index in [4.69, 9.17) is 0 Å². The Morgan fingerprint density at radius 3 is 2.68 bits per heavy atom. The Bertz CT molecular complexity index is 886. The van der Waals surface area contributed by atoms with Gasteiger partial charge in [-0.15, -0.1) is 0 Å². The van der Waals surface area contributed by atoms with Crippen molar-refractivity contribution in [3.63, 3.8) is 0 Å². The summed E-state index contributed by atoms with van der Waals surface area (Å²) in [7, 11) is 0. The zero-order valence-corrected chi connectivity index (χ0v) is 9.51. The fourth-order valence-electron chi connectivity index (χ4n) is 2.08. The van der Waals surface area contributed by atoms with Gasteiger partial charge in [0.2, 0.25) is 0 Å². The Kier molecular flexibility index (Phi) is 2.31. The predicted octanol–water partition coefficient (Wildman–Crippen LogP) is 2.73. The lowest BCUT2D eigenvalue weighted by Crippen LogP contribution is -2.06. The van der Waals surface area contributed by atoms with Crippen molar-refractivity contribution in [1.82, 2.24) is 4.98 Å². The average Bonchev–Trinajstić information content (AvgIpc) is 2.38. The first kappa shape index (κ1) is 11.3. The van der Waals surface area contributed by atoms with Gasteiger partial charge in [-0.1, -0.05) is 6.07 Å². The highest BCUT2D eigenvalue weighted by Gasteiger charge is 2.13. The van der Waals surface area contributed by atoms with Gasteiger partial charge in [-0.2, -0.15) is 0 Å². The predicted molar refractivity (Wildman–Crippen MR) is 68.7 cm³/mol. The van der Waals surface area contributed by atoms with Crippen molar-refractivity contribution in [3.05, 3.63) is 62.6 Å². The van der Waals surface area contributed by atoms with Crippen LogP contribution in [0.2, 0.25) is 0 Å². The largest absolute Gasteiger partial charge is 0.354 e. The number of nitro groups is 1. The number of H-pyrrole nitrogens is 1. The van der Waals surface area contributed by atoms with Crippen molar-refractivity contribution in [2.45, 2.75) is 0 Å². The molecule has 94 valence electrons. The molecule has 0 radical (unpaired) electrons. The summed E-state index contributed by atoms with van der Waals surface area (Å²) in [6, 6.07) is 8.15. The lowest BCUT2D eigenvalue weighted by Gasteiger charge is -2.03. The minimum atomic E-state index is -0.646. The fraction of sp³-hybridized carbons (Fsp3) is 0. The van der Waals surface area contributed by atoms with E-state index in [1.165, 1.54) is 24.3 Å². The van der Waals surface area contributed by atoms with E-state index in [2.05, 4.69) is 4.98 Å². The molecule has 1 heterocycles. The number of halogens is 1. The Morgan fingerprint density at radius 1 is 1.16 bits per heavy atom. The first-order valence-corrected chi connectivity index (χ1v) is 5.46. The first-order valence-electron chi connectivity index (χ1n) is 5.46. The molecule has 0 fully saturated rings. The van der Waals surface area contributed by atoms with Gasteiger partial charge >= 0.3 is 0 Å². The van der Waals surface area contributed by atoms with E-state index in [9.17, 15) is 19.3 Å². The van der Waals surface area contributed by atoms with Crippen LogP contribution in [0.5, 0.6) is 0 Å². The smallest absolute Gasteiger partial charge is 0.270 e. The Labute approximate surface area is 105 Å². The first-order chi connectivity index (χ1) is 9.08. The fourth-order valence-corrected chi connectivity index (χ4v) is 2.08. The molecule has 0 aliphatic heterocycles. The summed E-state index contributed by atoms with van der Waals surface area (Å²) in [5.74, 6) is -0.646. The van der Waals surface area contributed by atoms with Crippen molar-refractivity contribution < 1.29 is 9.31 Å². The van der Waals surface area contributed by atoms with E-state index >= 15 is 0 Å². The molecule has 0 aliphatic carbocycles. The average molecular weight is 258 g/mol. The molecule has 1 N–H and O–H groups in total. The van der Waals surface area contributed by atoms with Crippen LogP contribution in [-0.2, 0) is 0 Å². The molecule has 6 heteroatoms. The summed E-state index contributed by atoms with van der Waals surface area (Å²) in [6.07, 6.45) is 0. The summed E-state index contributed by atoms with van der Waals surface area (Å²) < 4.78 is 13.7. The van der Waals surface area contributed by atoms with Crippen LogP contribution >= 0.6 is 0 Å². The number of nitrogens with zero attached hydrogens (tertiary/aromatic N) is 1. The van der Waals surface area contributed by atoms with Crippen molar-refractivity contribution in [2.24, 2.45) is 0 Å². The minimum absolute atomic E-state index is 0.0875. The molecule has 19 heavy (non-hydrogen) atoms. The van der Waals surface area contributed by atoms with E-state index in [0.29, 0.717) is 11.0 Å². The molecule has 3 rings (SSSR count). The number of hydrogen-bond donors (Lipinski definition) is 1. The number of non-ortho nitro benzene ring substituents is 1. The van der Waals surface area contributed by atoms with Crippen LogP contribution in [0.1, 0.15) is 0 Å². The van der Waals surface area contributed by atoms with Crippen molar-refractivity contribution in [3.8, 4) is 0 Å². The highest BCUT2D eigenvalue weighted by Crippen LogP contribution is 2.20. The van der Waals surface area contributed by atoms with Crippen LogP contribution in [0.15, 0.2) is 41.2 Å². The molecule has 2 aromatic carbocycles. The third-order valence-corrected chi connectivity index (χ3v) is 2.97. The third kappa shape index (κ3) is 1.65. The molecule has 0 atom stereocenters. The number of nitro benzene ring substituents is 1. The number of hydrogen-bond acceptors (Lipinski definition) is 3. The maximum absolute atomic E-state index is 13.7. The summed E-state index contributed by atoms with van der Waals surface area (Å²) in [4.78, 5) is 25.2. The molecule has 0 amide bonds. The van der Waals surface area contributed by atoms with Crippen LogP contribution in [-0.4, -0.2) is 9.91 Å². The van der Waals surface area contributed by atoms with Gasteiger partial charge in [0.25, 0.3) is 5.69 Å². The van der Waals surface area contributed by atoms with Crippen LogP contribution in [0.4, 0.5) is 10.1 Å². The van der Waals surface area contributed by atoms with Crippen LogP contribution in [0.3, 0.4) is 0 Å². The molecule has 0 spiro atoms. The molecular weight excluding hydrogens is 251 g/mol. The zero-order valence-electron chi connectivity index (χ0n) is 9.51. The molecule has 0 aliphatic rings.